The molecule has 0 radical (unpaired) electrons. The zero-order valence-electron chi connectivity index (χ0n) is 9.05. The number of ether oxygens (including phenoxy) is 1. The van der Waals surface area contributed by atoms with Crippen molar-refractivity contribution in [2.45, 2.75) is 45.4 Å². The Hall–Kier alpha value is -0.790. The molecule has 0 N–H and O–H groups in total. The molecule has 2 heteroatoms. The lowest BCUT2D eigenvalue weighted by Crippen LogP contribution is -2.09. The number of rotatable bonds is 7. The van der Waals surface area contributed by atoms with E-state index >= 15 is 0 Å². The maximum atomic E-state index is 11.3. The standard InChI is InChI=1S/C12H20O2/c1-3-4-5-6-9-14-12(13)10(2)11-7-8-11/h11H,2-9H2,1H3. The summed E-state index contributed by atoms with van der Waals surface area (Å²) in [6.45, 7) is 6.48. The fourth-order valence-corrected chi connectivity index (χ4v) is 1.38. The fraction of sp³-hybridized carbons (Fsp3) is 0.750. The molecule has 1 aliphatic rings. The highest BCUT2D eigenvalue weighted by atomic mass is 16.5. The van der Waals surface area contributed by atoms with E-state index in [0.717, 1.165) is 25.7 Å². The molecule has 0 saturated heterocycles. The lowest BCUT2D eigenvalue weighted by Gasteiger charge is -2.05. The molecule has 0 aromatic heterocycles. The van der Waals surface area contributed by atoms with Crippen molar-refractivity contribution >= 4 is 5.97 Å². The Morgan fingerprint density at radius 1 is 1.36 bits per heavy atom. The number of carbonyl (C=O) groups excluding carboxylic acids is 1. The van der Waals surface area contributed by atoms with E-state index in [1.54, 1.807) is 0 Å². The van der Waals surface area contributed by atoms with Crippen molar-refractivity contribution in [3.63, 3.8) is 0 Å². The minimum absolute atomic E-state index is 0.177. The first-order valence-electron chi connectivity index (χ1n) is 5.61. The summed E-state index contributed by atoms with van der Waals surface area (Å²) in [7, 11) is 0. The molecule has 1 saturated carbocycles. The smallest absolute Gasteiger partial charge is 0.333 e. The molecular weight excluding hydrogens is 176 g/mol. The molecule has 0 aromatic carbocycles. The molecule has 0 unspecified atom stereocenters. The van der Waals surface area contributed by atoms with Crippen molar-refractivity contribution in [3.05, 3.63) is 12.2 Å². The normalized spacial score (nSPS) is 15.2. The molecule has 0 aromatic rings. The number of hydrogen-bond donors (Lipinski definition) is 0. The van der Waals surface area contributed by atoms with Gasteiger partial charge in [0.15, 0.2) is 0 Å². The van der Waals surface area contributed by atoms with Crippen LogP contribution in [0.25, 0.3) is 0 Å². The van der Waals surface area contributed by atoms with E-state index in [1.807, 2.05) is 0 Å². The summed E-state index contributed by atoms with van der Waals surface area (Å²) in [4.78, 5) is 11.3. The maximum Gasteiger partial charge on any atom is 0.333 e. The Kier molecular flexibility index (Phi) is 4.71. The highest BCUT2D eigenvalue weighted by Gasteiger charge is 2.29. The van der Waals surface area contributed by atoms with Gasteiger partial charge in [-0.3, -0.25) is 0 Å². The molecule has 80 valence electrons. The van der Waals surface area contributed by atoms with Gasteiger partial charge in [0.05, 0.1) is 6.61 Å². The second-order valence-corrected chi connectivity index (χ2v) is 4.00. The zero-order valence-corrected chi connectivity index (χ0v) is 9.05. The third kappa shape index (κ3) is 3.95. The third-order valence-electron chi connectivity index (χ3n) is 2.56. The van der Waals surface area contributed by atoms with Crippen LogP contribution in [0.15, 0.2) is 12.2 Å². The topological polar surface area (TPSA) is 26.3 Å². The van der Waals surface area contributed by atoms with Gasteiger partial charge < -0.3 is 4.74 Å². The van der Waals surface area contributed by atoms with Crippen LogP contribution in [0.4, 0.5) is 0 Å². The number of unbranched alkanes of at least 4 members (excludes halogenated alkanes) is 3. The molecule has 0 bridgehead atoms. The summed E-state index contributed by atoms with van der Waals surface area (Å²) in [5, 5.41) is 0. The van der Waals surface area contributed by atoms with Gasteiger partial charge in [-0.05, 0) is 25.2 Å². The van der Waals surface area contributed by atoms with Gasteiger partial charge in [-0.2, -0.15) is 0 Å². The summed E-state index contributed by atoms with van der Waals surface area (Å²) in [6, 6.07) is 0. The molecule has 0 amide bonds. The lowest BCUT2D eigenvalue weighted by molar-refractivity contribution is -0.139. The van der Waals surface area contributed by atoms with Crippen LogP contribution >= 0.6 is 0 Å². The summed E-state index contributed by atoms with van der Waals surface area (Å²) in [6.07, 6.45) is 6.80. The summed E-state index contributed by atoms with van der Waals surface area (Å²) < 4.78 is 5.11. The fourth-order valence-electron chi connectivity index (χ4n) is 1.38. The van der Waals surface area contributed by atoms with Crippen molar-refractivity contribution in [1.29, 1.82) is 0 Å². The molecule has 2 nitrogen and oxygen atoms in total. The minimum atomic E-state index is -0.177. The van der Waals surface area contributed by atoms with Gasteiger partial charge >= 0.3 is 5.97 Å². The maximum absolute atomic E-state index is 11.3. The average molecular weight is 196 g/mol. The molecule has 0 aliphatic heterocycles. The van der Waals surface area contributed by atoms with Gasteiger partial charge in [0.1, 0.15) is 0 Å². The third-order valence-corrected chi connectivity index (χ3v) is 2.56. The minimum Gasteiger partial charge on any atom is -0.462 e. The molecule has 1 aliphatic carbocycles. The van der Waals surface area contributed by atoms with E-state index in [1.165, 1.54) is 12.8 Å². The molecule has 0 atom stereocenters. The molecule has 0 spiro atoms. The Bertz CT molecular complexity index is 204. The first-order valence-corrected chi connectivity index (χ1v) is 5.61. The molecule has 0 heterocycles. The Balaban J connectivity index is 2.00. The van der Waals surface area contributed by atoms with Gasteiger partial charge in [-0.15, -0.1) is 0 Å². The van der Waals surface area contributed by atoms with Crippen LogP contribution in [0.1, 0.15) is 45.4 Å². The van der Waals surface area contributed by atoms with E-state index in [2.05, 4.69) is 13.5 Å². The van der Waals surface area contributed by atoms with Gasteiger partial charge in [0.2, 0.25) is 0 Å². The van der Waals surface area contributed by atoms with E-state index in [4.69, 9.17) is 4.74 Å². The van der Waals surface area contributed by atoms with Crippen molar-refractivity contribution in [2.75, 3.05) is 6.61 Å². The van der Waals surface area contributed by atoms with Crippen LogP contribution < -0.4 is 0 Å². The molecule has 1 rings (SSSR count). The van der Waals surface area contributed by atoms with E-state index in [-0.39, 0.29) is 5.97 Å². The van der Waals surface area contributed by atoms with Gasteiger partial charge in [0, 0.05) is 5.57 Å². The van der Waals surface area contributed by atoms with E-state index in [9.17, 15) is 4.79 Å². The van der Waals surface area contributed by atoms with Gasteiger partial charge in [-0.1, -0.05) is 32.8 Å². The quantitative estimate of drug-likeness (QED) is 0.355. The van der Waals surface area contributed by atoms with Crippen LogP contribution in [0, 0.1) is 5.92 Å². The van der Waals surface area contributed by atoms with Crippen molar-refractivity contribution in [3.8, 4) is 0 Å². The first-order chi connectivity index (χ1) is 6.75. The van der Waals surface area contributed by atoms with E-state index < -0.39 is 0 Å². The highest BCUT2D eigenvalue weighted by molar-refractivity contribution is 5.88. The average Bonchev–Trinajstić information content (AvgIpc) is 2.99. The Morgan fingerprint density at radius 3 is 2.64 bits per heavy atom. The van der Waals surface area contributed by atoms with Crippen LogP contribution in [0.3, 0.4) is 0 Å². The predicted octanol–water partition coefficient (Wildman–Crippen LogP) is 3.08. The van der Waals surface area contributed by atoms with Gasteiger partial charge in [-0.25, -0.2) is 4.79 Å². The molecule has 1 fully saturated rings. The first kappa shape index (κ1) is 11.3. The summed E-state index contributed by atoms with van der Waals surface area (Å²) in [5.74, 6) is 0.252. The van der Waals surface area contributed by atoms with Crippen LogP contribution in [0.5, 0.6) is 0 Å². The van der Waals surface area contributed by atoms with Crippen molar-refractivity contribution in [1.82, 2.24) is 0 Å². The van der Waals surface area contributed by atoms with Crippen molar-refractivity contribution in [2.24, 2.45) is 5.92 Å². The van der Waals surface area contributed by atoms with E-state index in [0.29, 0.717) is 18.1 Å². The Labute approximate surface area is 86.3 Å². The lowest BCUT2D eigenvalue weighted by atomic mass is 10.2. The Morgan fingerprint density at radius 2 is 2.07 bits per heavy atom. The number of esters is 1. The molecule has 14 heavy (non-hydrogen) atoms. The second kappa shape index (κ2) is 5.84. The zero-order chi connectivity index (χ0) is 10.4. The van der Waals surface area contributed by atoms with Crippen LogP contribution in [-0.4, -0.2) is 12.6 Å². The molecular formula is C12H20O2. The summed E-state index contributed by atoms with van der Waals surface area (Å²) in [5.41, 5.74) is 0.681. The number of carbonyl (C=O) groups is 1. The SMILES string of the molecule is C=C(C(=O)OCCCCCC)C1CC1. The largest absolute Gasteiger partial charge is 0.462 e. The highest BCUT2D eigenvalue weighted by Crippen LogP contribution is 2.35. The van der Waals surface area contributed by atoms with Crippen LogP contribution in [-0.2, 0) is 9.53 Å². The monoisotopic (exact) mass is 196 g/mol. The number of hydrogen-bond acceptors (Lipinski definition) is 2. The van der Waals surface area contributed by atoms with Crippen LogP contribution in [0.2, 0.25) is 0 Å². The van der Waals surface area contributed by atoms with Crippen molar-refractivity contribution < 1.29 is 9.53 Å². The second-order valence-electron chi connectivity index (χ2n) is 4.00. The summed E-state index contributed by atoms with van der Waals surface area (Å²) >= 11 is 0. The van der Waals surface area contributed by atoms with Gasteiger partial charge in [0.25, 0.3) is 0 Å². The predicted molar refractivity (Wildman–Crippen MR) is 57.0 cm³/mol.